The summed E-state index contributed by atoms with van der Waals surface area (Å²) in [7, 11) is 0. The number of hydrogen-bond donors (Lipinski definition) is 1. The van der Waals surface area contributed by atoms with E-state index in [1.807, 2.05) is 35.8 Å². The van der Waals surface area contributed by atoms with E-state index in [0.29, 0.717) is 17.8 Å². The first-order valence-electron chi connectivity index (χ1n) is 7.91. The molecular formula is C17H26N3O+. The van der Waals surface area contributed by atoms with Crippen LogP contribution in [-0.4, -0.2) is 16.1 Å². The van der Waals surface area contributed by atoms with E-state index in [-0.39, 0.29) is 11.6 Å². The van der Waals surface area contributed by atoms with Crippen molar-refractivity contribution in [1.82, 2.24) is 9.55 Å². The van der Waals surface area contributed by atoms with Crippen molar-refractivity contribution in [2.45, 2.75) is 46.7 Å². The van der Waals surface area contributed by atoms with Crippen LogP contribution in [0.5, 0.6) is 0 Å². The molecule has 21 heavy (non-hydrogen) atoms. The van der Waals surface area contributed by atoms with Gasteiger partial charge in [0.1, 0.15) is 6.04 Å². The maximum atomic E-state index is 12.6. The van der Waals surface area contributed by atoms with Crippen molar-refractivity contribution < 1.29 is 5.32 Å². The number of fused-ring (bicyclic) bond motifs is 1. The smallest absolute Gasteiger partial charge is 0.261 e. The molecule has 2 rings (SSSR count). The lowest BCUT2D eigenvalue weighted by Gasteiger charge is -2.19. The predicted octanol–water partition coefficient (Wildman–Crippen LogP) is 2.09. The van der Waals surface area contributed by atoms with Crippen LogP contribution in [0.2, 0.25) is 0 Å². The van der Waals surface area contributed by atoms with Gasteiger partial charge in [-0.15, -0.1) is 0 Å². The second-order valence-electron chi connectivity index (χ2n) is 5.92. The zero-order valence-corrected chi connectivity index (χ0v) is 13.5. The predicted molar refractivity (Wildman–Crippen MR) is 86.3 cm³/mol. The van der Waals surface area contributed by atoms with Gasteiger partial charge in [0.05, 0.1) is 17.4 Å². The van der Waals surface area contributed by atoms with Gasteiger partial charge in [0.25, 0.3) is 5.56 Å². The van der Waals surface area contributed by atoms with E-state index in [1.54, 1.807) is 0 Å². The van der Waals surface area contributed by atoms with Crippen LogP contribution in [0.4, 0.5) is 0 Å². The molecule has 114 valence electrons. The molecule has 1 atom stereocenters. The van der Waals surface area contributed by atoms with Crippen LogP contribution in [0, 0.1) is 5.92 Å². The van der Waals surface area contributed by atoms with Crippen LogP contribution in [-0.2, 0) is 6.54 Å². The minimum absolute atomic E-state index is 0.0782. The summed E-state index contributed by atoms with van der Waals surface area (Å²) in [6.07, 6.45) is 0.970. The molecule has 0 saturated carbocycles. The Morgan fingerprint density at radius 2 is 1.95 bits per heavy atom. The quantitative estimate of drug-likeness (QED) is 0.885. The summed E-state index contributed by atoms with van der Waals surface area (Å²) in [5.74, 6) is 1.53. The largest absolute Gasteiger partial charge is 0.337 e. The van der Waals surface area contributed by atoms with Gasteiger partial charge in [0.15, 0.2) is 5.82 Å². The highest BCUT2D eigenvalue weighted by atomic mass is 16.1. The lowest BCUT2D eigenvalue weighted by atomic mass is 10.1. The van der Waals surface area contributed by atoms with Crippen molar-refractivity contribution in [1.29, 1.82) is 0 Å². The number of benzene rings is 1. The Kier molecular flexibility index (Phi) is 5.12. The molecule has 1 heterocycles. The lowest BCUT2D eigenvalue weighted by molar-refractivity contribution is -0.702. The van der Waals surface area contributed by atoms with E-state index in [1.165, 1.54) is 0 Å². The molecule has 0 amide bonds. The van der Waals surface area contributed by atoms with Crippen molar-refractivity contribution in [3.8, 4) is 0 Å². The van der Waals surface area contributed by atoms with Gasteiger partial charge in [-0.25, -0.2) is 4.98 Å². The topological polar surface area (TPSA) is 51.5 Å². The molecule has 0 aliphatic carbocycles. The van der Waals surface area contributed by atoms with Crippen LogP contribution in [0.25, 0.3) is 10.9 Å². The average Bonchev–Trinajstić information content (AvgIpc) is 2.48. The Balaban J connectivity index is 2.53. The molecule has 0 aliphatic heterocycles. The standard InChI is InChI=1S/C17H25N3O/c1-5-14(18-11-12(3)4)16-19-15-10-8-7-9-13(15)17(21)20(16)6-2/h7-10,12,14,18H,5-6,11H2,1-4H3/p+1/t14-/m1/s1. The second-order valence-corrected chi connectivity index (χ2v) is 5.92. The summed E-state index contributed by atoms with van der Waals surface area (Å²) in [4.78, 5) is 17.4. The summed E-state index contributed by atoms with van der Waals surface area (Å²) in [6, 6.07) is 7.86. The van der Waals surface area contributed by atoms with E-state index >= 15 is 0 Å². The Bertz CT molecular complexity index is 661. The van der Waals surface area contributed by atoms with E-state index in [4.69, 9.17) is 4.98 Å². The van der Waals surface area contributed by atoms with E-state index in [2.05, 4.69) is 26.1 Å². The van der Waals surface area contributed by atoms with E-state index < -0.39 is 0 Å². The van der Waals surface area contributed by atoms with Crippen molar-refractivity contribution in [2.75, 3.05) is 6.54 Å². The van der Waals surface area contributed by atoms with Crippen LogP contribution >= 0.6 is 0 Å². The first-order valence-corrected chi connectivity index (χ1v) is 7.91. The number of nitrogens with two attached hydrogens (primary N) is 1. The van der Waals surface area contributed by atoms with Gasteiger partial charge >= 0.3 is 0 Å². The van der Waals surface area contributed by atoms with Gasteiger partial charge in [-0.1, -0.05) is 32.9 Å². The Labute approximate surface area is 126 Å². The van der Waals surface area contributed by atoms with Gasteiger partial charge in [-0.3, -0.25) is 9.36 Å². The molecule has 0 fully saturated rings. The lowest BCUT2D eigenvalue weighted by Crippen LogP contribution is -2.86. The second kappa shape index (κ2) is 6.85. The third-order valence-corrected chi connectivity index (χ3v) is 3.87. The summed E-state index contributed by atoms with van der Waals surface area (Å²) in [5, 5.41) is 3.02. The fourth-order valence-corrected chi connectivity index (χ4v) is 2.66. The number of nitrogens with zero attached hydrogens (tertiary/aromatic N) is 2. The minimum atomic E-state index is 0.0782. The maximum Gasteiger partial charge on any atom is 0.261 e. The van der Waals surface area contributed by atoms with Crippen molar-refractivity contribution in [3.63, 3.8) is 0 Å². The number of hydrogen-bond acceptors (Lipinski definition) is 2. The molecule has 4 nitrogen and oxygen atoms in total. The van der Waals surface area contributed by atoms with Crippen LogP contribution in [0.15, 0.2) is 29.1 Å². The van der Waals surface area contributed by atoms with Gasteiger partial charge in [0.2, 0.25) is 0 Å². The molecule has 0 radical (unpaired) electrons. The molecule has 0 bridgehead atoms. The number of aromatic nitrogens is 2. The number of rotatable bonds is 6. The molecule has 2 aromatic rings. The summed E-state index contributed by atoms with van der Waals surface area (Å²) in [6.45, 7) is 10.3. The summed E-state index contributed by atoms with van der Waals surface area (Å²) >= 11 is 0. The van der Waals surface area contributed by atoms with Gasteiger partial charge < -0.3 is 5.32 Å². The molecule has 4 heteroatoms. The molecule has 1 aromatic heterocycles. The molecule has 1 aromatic carbocycles. The highest BCUT2D eigenvalue weighted by Crippen LogP contribution is 2.13. The SMILES string of the molecule is CC[C@@H]([NH2+]CC(C)C)c1nc2ccccc2c(=O)n1CC. The number of quaternary nitrogens is 1. The molecule has 2 N–H and O–H groups in total. The van der Waals surface area contributed by atoms with E-state index in [9.17, 15) is 4.79 Å². The van der Waals surface area contributed by atoms with Gasteiger partial charge in [-0.2, -0.15) is 0 Å². The zero-order chi connectivity index (χ0) is 15.4. The third-order valence-electron chi connectivity index (χ3n) is 3.87. The van der Waals surface area contributed by atoms with Crippen LogP contribution < -0.4 is 10.9 Å². The number of para-hydroxylation sites is 1. The van der Waals surface area contributed by atoms with Gasteiger partial charge in [0, 0.05) is 18.9 Å². The zero-order valence-electron chi connectivity index (χ0n) is 13.5. The highest BCUT2D eigenvalue weighted by Gasteiger charge is 2.20. The summed E-state index contributed by atoms with van der Waals surface area (Å²) in [5.41, 5.74) is 0.882. The van der Waals surface area contributed by atoms with Crippen molar-refractivity contribution in [2.24, 2.45) is 5.92 Å². The Morgan fingerprint density at radius 1 is 1.24 bits per heavy atom. The van der Waals surface area contributed by atoms with Crippen molar-refractivity contribution in [3.05, 3.63) is 40.4 Å². The van der Waals surface area contributed by atoms with E-state index in [0.717, 1.165) is 24.3 Å². The fourth-order valence-electron chi connectivity index (χ4n) is 2.66. The normalized spacial score (nSPS) is 13.0. The molecule has 0 saturated heterocycles. The third kappa shape index (κ3) is 3.32. The highest BCUT2D eigenvalue weighted by molar-refractivity contribution is 5.77. The first-order chi connectivity index (χ1) is 10.1. The Morgan fingerprint density at radius 3 is 2.57 bits per heavy atom. The summed E-state index contributed by atoms with van der Waals surface area (Å²) < 4.78 is 1.83. The molecule has 0 aliphatic rings. The average molecular weight is 288 g/mol. The molecular weight excluding hydrogens is 262 g/mol. The molecule has 0 unspecified atom stereocenters. The van der Waals surface area contributed by atoms with Crippen molar-refractivity contribution >= 4 is 10.9 Å². The van der Waals surface area contributed by atoms with Gasteiger partial charge in [-0.05, 0) is 19.1 Å². The minimum Gasteiger partial charge on any atom is -0.337 e. The fraction of sp³-hybridized carbons (Fsp3) is 0.529. The Hall–Kier alpha value is -1.68. The maximum absolute atomic E-state index is 12.6. The molecule has 0 spiro atoms. The van der Waals surface area contributed by atoms with Crippen LogP contribution in [0.3, 0.4) is 0 Å². The first kappa shape index (κ1) is 15.7. The van der Waals surface area contributed by atoms with Crippen LogP contribution in [0.1, 0.15) is 46.0 Å². The monoisotopic (exact) mass is 288 g/mol.